The fraction of sp³-hybridized carbons (Fsp3) is 0.429. The summed E-state index contributed by atoms with van der Waals surface area (Å²) in [7, 11) is -3.17. The molecule has 0 bridgehead atoms. The number of carbonyl (C=O) groups is 2. The van der Waals surface area contributed by atoms with Crippen molar-refractivity contribution < 1.29 is 22.8 Å². The number of nitrogens with one attached hydrogen (secondary N) is 1. The second kappa shape index (κ2) is 6.89. The predicted molar refractivity (Wildman–Crippen MR) is 79.8 cm³/mol. The molecular weight excluding hydrogens is 308 g/mol. The number of aryl methyl sites for hydroxylation is 1. The highest BCUT2D eigenvalue weighted by atomic mass is 32.2. The van der Waals surface area contributed by atoms with Crippen molar-refractivity contribution in [3.63, 3.8) is 0 Å². The molecule has 1 aliphatic rings. The van der Waals surface area contributed by atoms with E-state index in [0.717, 1.165) is 10.6 Å². The first kappa shape index (κ1) is 16.4. The second-order valence-corrected chi connectivity index (χ2v) is 7.34. The lowest BCUT2D eigenvalue weighted by Crippen LogP contribution is -2.41. The molecule has 1 fully saturated rings. The third-order valence-electron chi connectivity index (χ3n) is 3.21. The highest BCUT2D eigenvalue weighted by Gasteiger charge is 2.23. The van der Waals surface area contributed by atoms with Gasteiger partial charge >= 0.3 is 0 Å². The number of amides is 2. The third kappa shape index (κ3) is 4.54. The molecule has 0 unspecified atom stereocenters. The normalized spacial score (nSPS) is 17.6. The summed E-state index contributed by atoms with van der Waals surface area (Å²) < 4.78 is 22.9. The van der Waals surface area contributed by atoms with Gasteiger partial charge in [-0.05, 0) is 19.1 Å². The Morgan fingerprint density at radius 1 is 1.32 bits per heavy atom. The number of rotatable bonds is 3. The van der Waals surface area contributed by atoms with Crippen LogP contribution in [0.15, 0.2) is 24.3 Å². The summed E-state index contributed by atoms with van der Waals surface area (Å²) >= 11 is 0. The van der Waals surface area contributed by atoms with Gasteiger partial charge in [0, 0.05) is 5.56 Å². The molecule has 7 nitrogen and oxygen atoms in total. The van der Waals surface area contributed by atoms with Gasteiger partial charge in [0.25, 0.3) is 11.8 Å². The summed E-state index contributed by atoms with van der Waals surface area (Å²) in [6, 6.07) is 7.00. The number of carbonyl (C=O) groups excluding carboxylic acids is 2. The summed E-state index contributed by atoms with van der Waals surface area (Å²) in [6.07, 6.45) is 0. The molecule has 0 radical (unpaired) electrons. The number of nitrogens with zero attached hydrogens (tertiary/aromatic N) is 1. The van der Waals surface area contributed by atoms with Crippen LogP contribution < -0.4 is 5.32 Å². The van der Waals surface area contributed by atoms with Crippen molar-refractivity contribution in [2.24, 2.45) is 0 Å². The minimum Gasteiger partial charge on any atom is -0.343 e. The molecule has 0 aliphatic carbocycles. The molecule has 0 spiro atoms. The molecule has 1 N–H and O–H groups in total. The number of sulfone groups is 1. The average Bonchev–Trinajstić information content (AvgIpc) is 2.65. The first-order valence-electron chi connectivity index (χ1n) is 6.86. The van der Waals surface area contributed by atoms with Gasteiger partial charge in [-0.3, -0.25) is 14.4 Å². The van der Waals surface area contributed by atoms with Gasteiger partial charge in [0.1, 0.15) is 0 Å². The van der Waals surface area contributed by atoms with Gasteiger partial charge in [0.05, 0.1) is 31.2 Å². The van der Waals surface area contributed by atoms with Crippen LogP contribution in [0, 0.1) is 6.92 Å². The van der Waals surface area contributed by atoms with E-state index in [9.17, 15) is 18.0 Å². The van der Waals surface area contributed by atoms with Crippen LogP contribution in [0.2, 0.25) is 0 Å². The van der Waals surface area contributed by atoms with E-state index >= 15 is 0 Å². The molecule has 1 saturated heterocycles. The van der Waals surface area contributed by atoms with E-state index in [1.807, 2.05) is 13.0 Å². The SMILES string of the molecule is Cc1cccc(C(=O)NCC(=O)N2CCS(=O)(=O)CCO2)c1. The van der Waals surface area contributed by atoms with Crippen LogP contribution in [0.1, 0.15) is 15.9 Å². The van der Waals surface area contributed by atoms with Gasteiger partial charge < -0.3 is 5.32 Å². The third-order valence-corrected chi connectivity index (χ3v) is 4.80. The van der Waals surface area contributed by atoms with Crippen LogP contribution in [0.3, 0.4) is 0 Å². The van der Waals surface area contributed by atoms with Gasteiger partial charge in [-0.2, -0.15) is 0 Å². The molecule has 0 saturated carbocycles. The largest absolute Gasteiger partial charge is 0.343 e. The Morgan fingerprint density at radius 3 is 2.82 bits per heavy atom. The Labute approximate surface area is 129 Å². The molecule has 1 aromatic rings. The fourth-order valence-corrected chi connectivity index (χ4v) is 2.97. The highest BCUT2D eigenvalue weighted by molar-refractivity contribution is 7.91. The fourth-order valence-electron chi connectivity index (χ4n) is 1.99. The zero-order chi connectivity index (χ0) is 16.2. The van der Waals surface area contributed by atoms with Crippen LogP contribution in [-0.2, 0) is 19.5 Å². The van der Waals surface area contributed by atoms with Crippen molar-refractivity contribution >= 4 is 21.7 Å². The predicted octanol–water partition coefficient (Wildman–Crippen LogP) is -0.0866. The van der Waals surface area contributed by atoms with Crippen LogP contribution in [0.5, 0.6) is 0 Å². The Bertz CT molecular complexity index is 672. The summed E-state index contributed by atoms with van der Waals surface area (Å²) in [6.45, 7) is 1.54. The lowest BCUT2D eigenvalue weighted by atomic mass is 10.1. The lowest BCUT2D eigenvalue weighted by molar-refractivity contribution is -0.180. The topological polar surface area (TPSA) is 92.8 Å². The van der Waals surface area contributed by atoms with Crippen molar-refractivity contribution in [2.75, 3.05) is 31.2 Å². The Balaban J connectivity index is 1.88. The Kier molecular flexibility index (Phi) is 5.15. The van der Waals surface area contributed by atoms with Crippen LogP contribution in [-0.4, -0.2) is 56.5 Å². The zero-order valence-electron chi connectivity index (χ0n) is 12.2. The quantitative estimate of drug-likeness (QED) is 0.838. The van der Waals surface area contributed by atoms with E-state index in [1.54, 1.807) is 18.2 Å². The number of hydroxylamine groups is 2. The molecule has 8 heteroatoms. The first-order valence-corrected chi connectivity index (χ1v) is 8.68. The smallest absolute Gasteiger partial charge is 0.265 e. The molecule has 0 aromatic heterocycles. The van der Waals surface area contributed by atoms with Crippen molar-refractivity contribution in [1.82, 2.24) is 10.4 Å². The molecule has 120 valence electrons. The van der Waals surface area contributed by atoms with Crippen molar-refractivity contribution in [1.29, 1.82) is 0 Å². The van der Waals surface area contributed by atoms with E-state index < -0.39 is 15.7 Å². The van der Waals surface area contributed by atoms with Crippen molar-refractivity contribution in [3.05, 3.63) is 35.4 Å². The highest BCUT2D eigenvalue weighted by Crippen LogP contribution is 2.05. The van der Waals surface area contributed by atoms with E-state index in [-0.39, 0.29) is 37.1 Å². The number of hydrogen-bond donors (Lipinski definition) is 1. The van der Waals surface area contributed by atoms with E-state index in [2.05, 4.69) is 5.32 Å². The van der Waals surface area contributed by atoms with Crippen LogP contribution in [0.25, 0.3) is 0 Å². The summed E-state index contributed by atoms with van der Waals surface area (Å²) in [5.41, 5.74) is 1.41. The van der Waals surface area contributed by atoms with E-state index in [1.165, 1.54) is 0 Å². The van der Waals surface area contributed by atoms with E-state index in [0.29, 0.717) is 5.56 Å². The average molecular weight is 326 g/mol. The van der Waals surface area contributed by atoms with Crippen molar-refractivity contribution in [2.45, 2.75) is 6.92 Å². The Hall–Kier alpha value is -1.93. The van der Waals surface area contributed by atoms with Gasteiger partial charge in [-0.15, -0.1) is 0 Å². The summed E-state index contributed by atoms with van der Waals surface area (Å²) in [5.74, 6) is -1.07. The Morgan fingerprint density at radius 2 is 2.09 bits per heavy atom. The maximum absolute atomic E-state index is 12.0. The molecular formula is C14H18N2O5S. The van der Waals surface area contributed by atoms with Crippen molar-refractivity contribution in [3.8, 4) is 0 Å². The van der Waals surface area contributed by atoms with Gasteiger partial charge in [0.15, 0.2) is 9.84 Å². The molecule has 2 rings (SSSR count). The van der Waals surface area contributed by atoms with Gasteiger partial charge in [-0.1, -0.05) is 17.7 Å². The maximum atomic E-state index is 12.0. The van der Waals surface area contributed by atoms with E-state index in [4.69, 9.17) is 4.84 Å². The number of benzene rings is 1. The maximum Gasteiger partial charge on any atom is 0.265 e. The molecule has 1 aliphatic heterocycles. The molecule has 2 amide bonds. The minimum absolute atomic E-state index is 0.0263. The summed E-state index contributed by atoms with van der Waals surface area (Å²) in [4.78, 5) is 29.0. The summed E-state index contributed by atoms with van der Waals surface area (Å²) in [5, 5.41) is 3.51. The molecule has 0 atom stereocenters. The standard InChI is InChI=1S/C14H18N2O5S/c1-11-3-2-4-12(9-11)14(18)15-10-13(17)16-5-7-22(19,20)8-6-21-16/h2-4,9H,5-8,10H2,1H3,(H,15,18). The second-order valence-electron chi connectivity index (χ2n) is 5.03. The van der Waals surface area contributed by atoms with Gasteiger partial charge in [-0.25, -0.2) is 13.5 Å². The lowest BCUT2D eigenvalue weighted by Gasteiger charge is -2.18. The monoisotopic (exact) mass is 326 g/mol. The zero-order valence-corrected chi connectivity index (χ0v) is 13.1. The number of hydrogen-bond acceptors (Lipinski definition) is 5. The minimum atomic E-state index is -3.17. The first-order chi connectivity index (χ1) is 10.4. The molecule has 1 aromatic carbocycles. The van der Waals surface area contributed by atoms with Crippen LogP contribution in [0.4, 0.5) is 0 Å². The van der Waals surface area contributed by atoms with Gasteiger partial charge in [0.2, 0.25) is 0 Å². The molecule has 1 heterocycles. The molecule has 22 heavy (non-hydrogen) atoms. The van der Waals surface area contributed by atoms with Crippen LogP contribution >= 0.6 is 0 Å².